The van der Waals surface area contributed by atoms with Gasteiger partial charge in [0.05, 0.1) is 6.10 Å². The number of halogens is 2. The predicted octanol–water partition coefficient (Wildman–Crippen LogP) is 5.85. The third-order valence-electron chi connectivity index (χ3n) is 3.43. The number of aliphatic hydroxyl groups is 1. The first kappa shape index (κ1) is 16.2. The third kappa shape index (κ3) is 5.02. The average Bonchev–Trinajstić information content (AvgIpc) is 2.37. The summed E-state index contributed by atoms with van der Waals surface area (Å²) in [5.41, 5.74) is 1.00. The molecule has 1 aromatic carbocycles. The van der Waals surface area contributed by atoms with Crippen LogP contribution in [0.1, 0.15) is 57.6 Å². The van der Waals surface area contributed by atoms with Crippen molar-refractivity contribution >= 4 is 31.9 Å². The van der Waals surface area contributed by atoms with E-state index in [2.05, 4.69) is 45.7 Å². The fourth-order valence-electron chi connectivity index (χ4n) is 2.15. The zero-order valence-electron chi connectivity index (χ0n) is 11.1. The van der Waals surface area contributed by atoms with Crippen LogP contribution in [0.25, 0.3) is 0 Å². The zero-order chi connectivity index (χ0) is 13.5. The number of rotatable bonds is 7. The summed E-state index contributed by atoms with van der Waals surface area (Å²) in [4.78, 5) is 0. The van der Waals surface area contributed by atoms with Gasteiger partial charge in [0.15, 0.2) is 0 Å². The molecular weight excluding hydrogens is 356 g/mol. The van der Waals surface area contributed by atoms with Crippen LogP contribution in [-0.2, 0) is 0 Å². The normalized spacial score (nSPS) is 14.5. The molecule has 102 valence electrons. The highest BCUT2D eigenvalue weighted by atomic mass is 79.9. The summed E-state index contributed by atoms with van der Waals surface area (Å²) in [6.07, 6.45) is 5.38. The Kier molecular flexibility index (Phi) is 7.50. The van der Waals surface area contributed by atoms with Gasteiger partial charge in [0.25, 0.3) is 0 Å². The molecule has 0 aliphatic rings. The Hall–Kier alpha value is 0.140. The number of hydrogen-bond donors (Lipinski definition) is 1. The molecular formula is C15H22Br2O. The van der Waals surface area contributed by atoms with Crippen LogP contribution in [0.5, 0.6) is 0 Å². The van der Waals surface area contributed by atoms with Crippen LogP contribution in [0, 0.1) is 5.92 Å². The van der Waals surface area contributed by atoms with E-state index in [-0.39, 0.29) is 6.10 Å². The highest BCUT2D eigenvalue weighted by Crippen LogP contribution is 2.30. The van der Waals surface area contributed by atoms with E-state index in [1.807, 2.05) is 18.2 Å². The van der Waals surface area contributed by atoms with E-state index in [1.165, 1.54) is 19.3 Å². The molecule has 0 radical (unpaired) electrons. The molecule has 1 N–H and O–H groups in total. The summed E-state index contributed by atoms with van der Waals surface area (Å²) in [5, 5.41) is 10.3. The summed E-state index contributed by atoms with van der Waals surface area (Å²) in [6, 6.07) is 5.98. The van der Waals surface area contributed by atoms with Gasteiger partial charge < -0.3 is 5.11 Å². The molecule has 0 aromatic heterocycles. The molecule has 18 heavy (non-hydrogen) atoms. The Morgan fingerprint density at radius 1 is 1.17 bits per heavy atom. The quantitative estimate of drug-likeness (QED) is 0.631. The van der Waals surface area contributed by atoms with Crippen molar-refractivity contribution in [3.05, 3.63) is 32.7 Å². The molecule has 3 heteroatoms. The molecule has 0 spiro atoms. The van der Waals surface area contributed by atoms with Gasteiger partial charge in [-0.05, 0) is 61.9 Å². The molecule has 1 rings (SSSR count). The monoisotopic (exact) mass is 376 g/mol. The van der Waals surface area contributed by atoms with Crippen molar-refractivity contribution in [3.8, 4) is 0 Å². The Bertz CT molecular complexity index is 366. The fourth-order valence-corrected chi connectivity index (χ4v) is 2.80. The summed E-state index contributed by atoms with van der Waals surface area (Å²) < 4.78 is 2.03. The Labute approximate surface area is 127 Å². The van der Waals surface area contributed by atoms with Crippen LogP contribution in [0.4, 0.5) is 0 Å². The van der Waals surface area contributed by atoms with Crippen LogP contribution in [0.2, 0.25) is 0 Å². The summed E-state index contributed by atoms with van der Waals surface area (Å²) in [7, 11) is 0. The van der Waals surface area contributed by atoms with Crippen molar-refractivity contribution in [2.45, 2.75) is 52.1 Å². The largest absolute Gasteiger partial charge is 0.388 e. The minimum Gasteiger partial charge on any atom is -0.388 e. The molecule has 0 bridgehead atoms. The molecule has 0 heterocycles. The zero-order valence-corrected chi connectivity index (χ0v) is 14.3. The van der Waals surface area contributed by atoms with Gasteiger partial charge in [0.1, 0.15) is 0 Å². The average molecular weight is 378 g/mol. The lowest BCUT2D eigenvalue weighted by atomic mass is 9.91. The van der Waals surface area contributed by atoms with E-state index in [4.69, 9.17) is 0 Å². The molecule has 0 aliphatic carbocycles. The van der Waals surface area contributed by atoms with Crippen LogP contribution in [0.3, 0.4) is 0 Å². The lowest BCUT2D eigenvalue weighted by molar-refractivity contribution is 0.139. The number of hydrogen-bond acceptors (Lipinski definition) is 1. The van der Waals surface area contributed by atoms with E-state index < -0.39 is 0 Å². The number of aliphatic hydroxyl groups excluding tert-OH is 1. The van der Waals surface area contributed by atoms with Gasteiger partial charge in [-0.2, -0.15) is 0 Å². The standard InChI is InChI=1S/C15H22Br2O/c1-3-5-6-11(4-2)9-15(18)12-7-8-13(16)14(17)10-12/h7-8,10-11,15,18H,3-6,9H2,1-2H3. The molecule has 0 saturated heterocycles. The van der Waals surface area contributed by atoms with Gasteiger partial charge in [-0.1, -0.05) is 45.6 Å². The van der Waals surface area contributed by atoms with Gasteiger partial charge in [0, 0.05) is 8.95 Å². The number of unbranched alkanes of at least 4 members (excludes halogenated alkanes) is 1. The van der Waals surface area contributed by atoms with Crippen LogP contribution in [0.15, 0.2) is 27.1 Å². The maximum atomic E-state index is 10.3. The first-order chi connectivity index (χ1) is 8.58. The third-order valence-corrected chi connectivity index (χ3v) is 5.31. The second-order valence-corrected chi connectivity index (χ2v) is 6.55. The predicted molar refractivity (Wildman–Crippen MR) is 84.7 cm³/mol. The Morgan fingerprint density at radius 3 is 2.44 bits per heavy atom. The first-order valence-electron chi connectivity index (χ1n) is 6.71. The van der Waals surface area contributed by atoms with E-state index in [0.29, 0.717) is 5.92 Å². The molecule has 1 aromatic rings. The van der Waals surface area contributed by atoms with E-state index in [1.54, 1.807) is 0 Å². The topological polar surface area (TPSA) is 20.2 Å². The molecule has 2 unspecified atom stereocenters. The SMILES string of the molecule is CCCCC(CC)CC(O)c1ccc(Br)c(Br)c1. The minimum absolute atomic E-state index is 0.351. The number of benzene rings is 1. The summed E-state index contributed by atoms with van der Waals surface area (Å²) in [6.45, 7) is 4.43. The van der Waals surface area contributed by atoms with Gasteiger partial charge >= 0.3 is 0 Å². The second kappa shape index (κ2) is 8.34. The Balaban J connectivity index is 2.62. The minimum atomic E-state index is -0.351. The van der Waals surface area contributed by atoms with E-state index >= 15 is 0 Å². The summed E-state index contributed by atoms with van der Waals surface area (Å²) in [5.74, 6) is 0.627. The summed E-state index contributed by atoms with van der Waals surface area (Å²) >= 11 is 6.93. The molecule has 1 nitrogen and oxygen atoms in total. The fraction of sp³-hybridized carbons (Fsp3) is 0.600. The molecule has 0 fully saturated rings. The Morgan fingerprint density at radius 2 is 1.89 bits per heavy atom. The molecule has 0 saturated carbocycles. The van der Waals surface area contributed by atoms with Gasteiger partial charge in [0.2, 0.25) is 0 Å². The first-order valence-corrected chi connectivity index (χ1v) is 8.30. The van der Waals surface area contributed by atoms with Crippen molar-refractivity contribution in [1.29, 1.82) is 0 Å². The van der Waals surface area contributed by atoms with E-state index in [9.17, 15) is 5.11 Å². The highest BCUT2D eigenvalue weighted by molar-refractivity contribution is 9.13. The molecule has 0 amide bonds. The van der Waals surface area contributed by atoms with Crippen molar-refractivity contribution in [1.82, 2.24) is 0 Å². The lowest BCUT2D eigenvalue weighted by Crippen LogP contribution is -2.07. The van der Waals surface area contributed by atoms with Gasteiger partial charge in [-0.25, -0.2) is 0 Å². The van der Waals surface area contributed by atoms with Crippen LogP contribution >= 0.6 is 31.9 Å². The van der Waals surface area contributed by atoms with Crippen LogP contribution < -0.4 is 0 Å². The van der Waals surface area contributed by atoms with Gasteiger partial charge in [-0.3, -0.25) is 0 Å². The lowest BCUT2D eigenvalue weighted by Gasteiger charge is -2.19. The highest BCUT2D eigenvalue weighted by Gasteiger charge is 2.15. The van der Waals surface area contributed by atoms with Crippen molar-refractivity contribution in [3.63, 3.8) is 0 Å². The smallest absolute Gasteiger partial charge is 0.0793 e. The van der Waals surface area contributed by atoms with Crippen molar-refractivity contribution in [2.75, 3.05) is 0 Å². The van der Waals surface area contributed by atoms with E-state index in [0.717, 1.165) is 27.4 Å². The second-order valence-electron chi connectivity index (χ2n) is 4.84. The molecule has 2 atom stereocenters. The maximum Gasteiger partial charge on any atom is 0.0793 e. The van der Waals surface area contributed by atoms with Crippen molar-refractivity contribution in [2.24, 2.45) is 5.92 Å². The van der Waals surface area contributed by atoms with Crippen molar-refractivity contribution < 1.29 is 5.11 Å². The van der Waals surface area contributed by atoms with Crippen LogP contribution in [-0.4, -0.2) is 5.11 Å². The van der Waals surface area contributed by atoms with Gasteiger partial charge in [-0.15, -0.1) is 0 Å². The maximum absolute atomic E-state index is 10.3. The molecule has 0 aliphatic heterocycles.